The van der Waals surface area contributed by atoms with E-state index in [0.717, 1.165) is 37.8 Å². The first-order chi connectivity index (χ1) is 10.7. The molecule has 8 nitrogen and oxygen atoms in total. The Hall–Kier alpha value is -2.00. The van der Waals surface area contributed by atoms with Crippen LogP contribution in [-0.4, -0.2) is 44.1 Å². The van der Waals surface area contributed by atoms with Crippen LogP contribution in [0.3, 0.4) is 0 Å². The molecule has 1 heterocycles. The van der Waals surface area contributed by atoms with Crippen LogP contribution in [0.4, 0.5) is 5.69 Å². The average Bonchev–Trinajstić information content (AvgIpc) is 2.48. The van der Waals surface area contributed by atoms with Crippen LogP contribution in [0.5, 0.6) is 0 Å². The van der Waals surface area contributed by atoms with Crippen molar-refractivity contribution in [2.45, 2.75) is 36.7 Å². The largest absolute Gasteiger partial charge is 0.348 e. The number of nitro groups is 1. The molecule has 0 aromatic heterocycles. The van der Waals surface area contributed by atoms with Crippen LogP contribution in [0, 0.1) is 10.1 Å². The van der Waals surface area contributed by atoms with E-state index in [2.05, 4.69) is 10.6 Å². The molecule has 1 aromatic rings. The van der Waals surface area contributed by atoms with E-state index < -0.39 is 26.4 Å². The fourth-order valence-corrected chi connectivity index (χ4v) is 3.20. The van der Waals surface area contributed by atoms with Gasteiger partial charge in [0.15, 0.2) is 9.84 Å². The van der Waals surface area contributed by atoms with Crippen molar-refractivity contribution in [1.82, 2.24) is 10.6 Å². The van der Waals surface area contributed by atoms with Crippen molar-refractivity contribution in [2.24, 2.45) is 0 Å². The molecule has 1 aliphatic heterocycles. The van der Waals surface area contributed by atoms with Gasteiger partial charge in [0.1, 0.15) is 0 Å². The van der Waals surface area contributed by atoms with Crippen LogP contribution in [0.2, 0.25) is 0 Å². The van der Waals surface area contributed by atoms with Crippen molar-refractivity contribution in [3.63, 3.8) is 0 Å². The van der Waals surface area contributed by atoms with Gasteiger partial charge in [-0.05, 0) is 32.4 Å². The second kappa shape index (κ2) is 6.63. The number of hydrogen-bond acceptors (Lipinski definition) is 6. The van der Waals surface area contributed by atoms with Crippen LogP contribution in [0.1, 0.15) is 30.1 Å². The minimum atomic E-state index is -3.66. The average molecular weight is 341 g/mol. The van der Waals surface area contributed by atoms with E-state index in [1.807, 2.05) is 6.92 Å². The van der Waals surface area contributed by atoms with E-state index >= 15 is 0 Å². The number of rotatable bonds is 4. The summed E-state index contributed by atoms with van der Waals surface area (Å²) in [4.78, 5) is 22.4. The molecule has 1 aromatic carbocycles. The van der Waals surface area contributed by atoms with Gasteiger partial charge in [-0.3, -0.25) is 14.9 Å². The molecule has 23 heavy (non-hydrogen) atoms. The van der Waals surface area contributed by atoms with Gasteiger partial charge in [0.25, 0.3) is 11.6 Å². The van der Waals surface area contributed by atoms with Crippen LogP contribution in [0.25, 0.3) is 0 Å². The highest BCUT2D eigenvalue weighted by Crippen LogP contribution is 2.21. The minimum absolute atomic E-state index is 0.0302. The van der Waals surface area contributed by atoms with Gasteiger partial charge in [0, 0.05) is 36.0 Å². The number of carbonyl (C=O) groups excluding carboxylic acids is 1. The van der Waals surface area contributed by atoms with Crippen molar-refractivity contribution in [1.29, 1.82) is 0 Å². The molecule has 1 amide bonds. The lowest BCUT2D eigenvalue weighted by Crippen LogP contribution is -2.51. The predicted octanol–water partition coefficient (Wildman–Crippen LogP) is 0.869. The summed E-state index contributed by atoms with van der Waals surface area (Å²) < 4.78 is 23.3. The predicted molar refractivity (Wildman–Crippen MR) is 84.2 cm³/mol. The lowest BCUT2D eigenvalue weighted by molar-refractivity contribution is -0.385. The maximum absolute atomic E-state index is 12.4. The summed E-state index contributed by atoms with van der Waals surface area (Å²) >= 11 is 0. The van der Waals surface area contributed by atoms with E-state index in [-0.39, 0.29) is 22.5 Å². The number of nitrogens with one attached hydrogen (secondary N) is 2. The first kappa shape index (κ1) is 17.4. The highest BCUT2D eigenvalue weighted by molar-refractivity contribution is 7.90. The third-order valence-electron chi connectivity index (χ3n) is 3.87. The summed E-state index contributed by atoms with van der Waals surface area (Å²) in [6.07, 6.45) is 2.66. The molecule has 0 saturated carbocycles. The van der Waals surface area contributed by atoms with E-state index in [0.29, 0.717) is 0 Å². The molecule has 1 aliphatic rings. The SMILES string of the molecule is CC1NCCCC1NC(=O)c1cc([N+](=O)[O-])cc(S(C)(=O)=O)c1. The summed E-state index contributed by atoms with van der Waals surface area (Å²) in [5, 5.41) is 17.0. The van der Waals surface area contributed by atoms with Crippen LogP contribution in [-0.2, 0) is 9.84 Å². The van der Waals surface area contributed by atoms with E-state index in [1.165, 1.54) is 6.07 Å². The summed E-state index contributed by atoms with van der Waals surface area (Å²) in [5.74, 6) is -0.515. The zero-order chi connectivity index (χ0) is 17.2. The molecule has 0 radical (unpaired) electrons. The highest BCUT2D eigenvalue weighted by atomic mass is 32.2. The quantitative estimate of drug-likeness (QED) is 0.619. The molecular weight excluding hydrogens is 322 g/mol. The van der Waals surface area contributed by atoms with Gasteiger partial charge in [0.2, 0.25) is 0 Å². The Kier molecular flexibility index (Phi) is 5.00. The van der Waals surface area contributed by atoms with E-state index in [1.54, 1.807) is 0 Å². The lowest BCUT2D eigenvalue weighted by Gasteiger charge is -2.30. The van der Waals surface area contributed by atoms with Crippen molar-refractivity contribution in [3.8, 4) is 0 Å². The Morgan fingerprint density at radius 3 is 2.65 bits per heavy atom. The molecule has 9 heteroatoms. The van der Waals surface area contributed by atoms with Gasteiger partial charge >= 0.3 is 0 Å². The maximum Gasteiger partial charge on any atom is 0.271 e. The Balaban J connectivity index is 2.32. The number of piperidine rings is 1. The van der Waals surface area contributed by atoms with Crippen LogP contribution >= 0.6 is 0 Å². The number of non-ortho nitro benzene ring substituents is 1. The number of nitrogens with zero attached hydrogens (tertiary/aromatic N) is 1. The van der Waals surface area contributed by atoms with Crippen molar-refractivity contribution >= 4 is 21.4 Å². The Labute approximate surface area is 134 Å². The minimum Gasteiger partial charge on any atom is -0.348 e. The molecule has 2 rings (SSSR count). The Morgan fingerprint density at radius 1 is 1.39 bits per heavy atom. The van der Waals surface area contributed by atoms with Gasteiger partial charge < -0.3 is 10.6 Å². The van der Waals surface area contributed by atoms with Gasteiger partial charge in [-0.2, -0.15) is 0 Å². The van der Waals surface area contributed by atoms with Crippen molar-refractivity contribution < 1.29 is 18.1 Å². The number of nitro benzene ring substituents is 1. The zero-order valence-corrected chi connectivity index (χ0v) is 13.7. The fourth-order valence-electron chi connectivity index (χ4n) is 2.53. The summed E-state index contributed by atoms with van der Waals surface area (Å²) in [5.41, 5.74) is -0.453. The number of benzene rings is 1. The van der Waals surface area contributed by atoms with Crippen molar-refractivity contribution in [2.75, 3.05) is 12.8 Å². The molecule has 1 saturated heterocycles. The molecule has 0 bridgehead atoms. The summed E-state index contributed by atoms with van der Waals surface area (Å²) in [6.45, 7) is 2.82. The first-order valence-corrected chi connectivity index (χ1v) is 9.11. The monoisotopic (exact) mass is 341 g/mol. The van der Waals surface area contributed by atoms with E-state index in [4.69, 9.17) is 0 Å². The third-order valence-corrected chi connectivity index (χ3v) is 4.96. The molecular formula is C14H19N3O5S. The van der Waals surface area contributed by atoms with Gasteiger partial charge in [-0.25, -0.2) is 8.42 Å². The smallest absolute Gasteiger partial charge is 0.271 e. The van der Waals surface area contributed by atoms with Crippen LogP contribution in [0.15, 0.2) is 23.1 Å². The number of carbonyl (C=O) groups is 1. The summed E-state index contributed by atoms with van der Waals surface area (Å²) in [7, 11) is -3.66. The third kappa shape index (κ3) is 4.26. The fraction of sp³-hybridized carbons (Fsp3) is 0.500. The second-order valence-electron chi connectivity index (χ2n) is 5.71. The number of hydrogen-bond donors (Lipinski definition) is 2. The molecule has 0 spiro atoms. The Morgan fingerprint density at radius 2 is 2.09 bits per heavy atom. The first-order valence-electron chi connectivity index (χ1n) is 7.22. The maximum atomic E-state index is 12.4. The second-order valence-corrected chi connectivity index (χ2v) is 7.73. The van der Waals surface area contributed by atoms with Gasteiger partial charge in [-0.15, -0.1) is 0 Å². The lowest BCUT2D eigenvalue weighted by atomic mass is 9.99. The van der Waals surface area contributed by atoms with Crippen LogP contribution < -0.4 is 10.6 Å². The van der Waals surface area contributed by atoms with E-state index in [9.17, 15) is 23.3 Å². The molecule has 2 N–H and O–H groups in total. The number of amides is 1. The van der Waals surface area contributed by atoms with Crippen molar-refractivity contribution in [3.05, 3.63) is 33.9 Å². The zero-order valence-electron chi connectivity index (χ0n) is 12.9. The molecule has 126 valence electrons. The normalized spacial score (nSPS) is 21.7. The summed E-state index contributed by atoms with van der Waals surface area (Å²) in [6, 6.07) is 3.19. The topological polar surface area (TPSA) is 118 Å². The molecule has 1 fully saturated rings. The highest BCUT2D eigenvalue weighted by Gasteiger charge is 2.25. The molecule has 2 atom stereocenters. The molecule has 0 aliphatic carbocycles. The van der Waals surface area contributed by atoms with Gasteiger partial charge in [0.05, 0.1) is 9.82 Å². The number of sulfone groups is 1. The Bertz CT molecular complexity index is 732. The molecule has 2 unspecified atom stereocenters. The standard InChI is InChI=1S/C14H19N3O5S/c1-9-13(4-3-5-15-9)16-14(18)10-6-11(17(19)20)8-12(7-10)23(2,21)22/h6-9,13,15H,3-5H2,1-2H3,(H,16,18). The van der Waals surface area contributed by atoms with Gasteiger partial charge in [-0.1, -0.05) is 0 Å².